The summed E-state index contributed by atoms with van der Waals surface area (Å²) in [4.78, 5) is 0. The molecule has 0 heterocycles. The Kier molecular flexibility index (Phi) is 2.71. The van der Waals surface area contributed by atoms with Crippen molar-refractivity contribution in [2.24, 2.45) is 17.6 Å². The highest BCUT2D eigenvalue weighted by atomic mass is 14.7. The molecule has 4 atom stereocenters. The molecule has 2 aromatic carbocycles. The molecule has 1 saturated carbocycles. The van der Waals surface area contributed by atoms with E-state index in [0.717, 1.165) is 5.92 Å². The first-order valence-corrected chi connectivity index (χ1v) is 7.66. The van der Waals surface area contributed by atoms with Crippen LogP contribution in [-0.4, -0.2) is 0 Å². The molecule has 0 aliphatic heterocycles. The smallest absolute Gasteiger partial charge is 0.0335 e. The van der Waals surface area contributed by atoms with Crippen molar-refractivity contribution >= 4 is 0 Å². The molecule has 1 fully saturated rings. The second-order valence-electron chi connectivity index (χ2n) is 6.39. The van der Waals surface area contributed by atoms with Gasteiger partial charge in [-0.2, -0.15) is 0 Å². The quantitative estimate of drug-likeness (QED) is 0.871. The highest BCUT2D eigenvalue weighted by Crippen LogP contribution is 2.63. The number of hydrogen-bond donors (Lipinski definition) is 1. The van der Waals surface area contributed by atoms with Crippen molar-refractivity contribution < 1.29 is 0 Å². The molecule has 0 bridgehead atoms. The molecule has 102 valence electrons. The zero-order valence-corrected chi connectivity index (χ0v) is 11.9. The van der Waals surface area contributed by atoms with Crippen LogP contribution >= 0.6 is 0 Å². The van der Waals surface area contributed by atoms with Crippen molar-refractivity contribution in [1.29, 1.82) is 0 Å². The Morgan fingerprint density at radius 1 is 1.05 bits per heavy atom. The van der Waals surface area contributed by atoms with Gasteiger partial charge in [0.25, 0.3) is 0 Å². The Morgan fingerprint density at radius 2 is 1.80 bits per heavy atom. The van der Waals surface area contributed by atoms with Crippen LogP contribution in [0.3, 0.4) is 0 Å². The van der Waals surface area contributed by atoms with Crippen LogP contribution in [0.15, 0.2) is 48.5 Å². The minimum atomic E-state index is 0.192. The van der Waals surface area contributed by atoms with Crippen LogP contribution in [0, 0.1) is 18.8 Å². The first-order valence-electron chi connectivity index (χ1n) is 7.66. The first-order chi connectivity index (χ1) is 9.77. The van der Waals surface area contributed by atoms with Gasteiger partial charge in [0.15, 0.2) is 0 Å². The van der Waals surface area contributed by atoms with E-state index in [1.807, 2.05) is 0 Å². The maximum absolute atomic E-state index is 6.62. The van der Waals surface area contributed by atoms with Gasteiger partial charge in [-0.1, -0.05) is 48.5 Å². The molecule has 1 heteroatoms. The molecule has 4 rings (SSSR count). The van der Waals surface area contributed by atoms with Crippen LogP contribution in [0.1, 0.15) is 40.6 Å². The van der Waals surface area contributed by atoms with Gasteiger partial charge < -0.3 is 5.73 Å². The lowest BCUT2D eigenvalue weighted by molar-refractivity contribution is 0.553. The summed E-state index contributed by atoms with van der Waals surface area (Å²) >= 11 is 0. The Balaban J connectivity index is 1.66. The SMILES string of the molecule is Cc1ccccc1C(N)C1C2CCc3ccccc3C21. The van der Waals surface area contributed by atoms with Gasteiger partial charge in [-0.3, -0.25) is 0 Å². The Labute approximate surface area is 120 Å². The van der Waals surface area contributed by atoms with Crippen molar-refractivity contribution in [3.8, 4) is 0 Å². The van der Waals surface area contributed by atoms with Crippen LogP contribution in [-0.2, 0) is 6.42 Å². The number of benzene rings is 2. The van der Waals surface area contributed by atoms with Gasteiger partial charge in [-0.25, -0.2) is 0 Å². The molecule has 20 heavy (non-hydrogen) atoms. The molecule has 2 aromatic rings. The fourth-order valence-corrected chi connectivity index (χ4v) is 4.28. The Hall–Kier alpha value is -1.60. The third kappa shape index (κ3) is 1.73. The second-order valence-corrected chi connectivity index (χ2v) is 6.39. The second kappa shape index (κ2) is 4.46. The molecule has 2 N–H and O–H groups in total. The van der Waals surface area contributed by atoms with E-state index < -0.39 is 0 Å². The Morgan fingerprint density at radius 3 is 2.65 bits per heavy atom. The fourth-order valence-electron chi connectivity index (χ4n) is 4.28. The van der Waals surface area contributed by atoms with E-state index in [1.54, 1.807) is 11.1 Å². The largest absolute Gasteiger partial charge is 0.324 e. The van der Waals surface area contributed by atoms with Crippen molar-refractivity contribution in [1.82, 2.24) is 0 Å². The Bertz CT molecular complexity index is 646. The van der Waals surface area contributed by atoms with Gasteiger partial charge in [0.1, 0.15) is 0 Å². The van der Waals surface area contributed by atoms with Crippen LogP contribution in [0.4, 0.5) is 0 Å². The van der Waals surface area contributed by atoms with E-state index in [4.69, 9.17) is 5.73 Å². The standard InChI is InChI=1S/C19H21N/c1-12-6-2-4-8-14(12)19(20)18-16-11-10-13-7-3-5-9-15(13)17(16)18/h2-9,16-19H,10-11,20H2,1H3. The topological polar surface area (TPSA) is 26.0 Å². The third-order valence-corrected chi connectivity index (χ3v) is 5.35. The molecular formula is C19H21N. The van der Waals surface area contributed by atoms with Crippen LogP contribution in [0.5, 0.6) is 0 Å². The number of hydrogen-bond acceptors (Lipinski definition) is 1. The van der Waals surface area contributed by atoms with E-state index in [0.29, 0.717) is 11.8 Å². The summed E-state index contributed by atoms with van der Waals surface area (Å²) in [6, 6.07) is 17.7. The predicted octanol–water partition coefficient (Wildman–Crippen LogP) is 3.97. The molecule has 0 spiro atoms. The zero-order chi connectivity index (χ0) is 13.7. The number of rotatable bonds is 2. The van der Waals surface area contributed by atoms with Crippen molar-refractivity contribution in [2.45, 2.75) is 31.7 Å². The summed E-state index contributed by atoms with van der Waals surface area (Å²) in [7, 11) is 0. The highest BCUT2D eigenvalue weighted by Gasteiger charge is 2.55. The van der Waals surface area contributed by atoms with Gasteiger partial charge in [-0.15, -0.1) is 0 Å². The lowest BCUT2D eigenvalue weighted by atomic mass is 9.92. The zero-order valence-electron chi connectivity index (χ0n) is 11.9. The van der Waals surface area contributed by atoms with Crippen LogP contribution < -0.4 is 5.73 Å². The summed E-state index contributed by atoms with van der Waals surface area (Å²) in [5.74, 6) is 2.15. The lowest BCUT2D eigenvalue weighted by Crippen LogP contribution is -2.15. The van der Waals surface area contributed by atoms with Crippen molar-refractivity contribution in [2.75, 3.05) is 0 Å². The first kappa shape index (κ1) is 12.2. The maximum atomic E-state index is 6.62. The average molecular weight is 263 g/mol. The van der Waals surface area contributed by atoms with Gasteiger partial charge in [0.2, 0.25) is 0 Å². The van der Waals surface area contributed by atoms with Crippen LogP contribution in [0.2, 0.25) is 0 Å². The minimum absolute atomic E-state index is 0.192. The van der Waals surface area contributed by atoms with E-state index in [9.17, 15) is 0 Å². The average Bonchev–Trinajstić information content (AvgIpc) is 3.22. The van der Waals surface area contributed by atoms with Crippen molar-refractivity contribution in [3.05, 3.63) is 70.8 Å². The van der Waals surface area contributed by atoms with E-state index in [1.165, 1.54) is 24.0 Å². The third-order valence-electron chi connectivity index (χ3n) is 5.35. The summed E-state index contributed by atoms with van der Waals surface area (Å²) in [5, 5.41) is 0. The van der Waals surface area contributed by atoms with E-state index in [-0.39, 0.29) is 6.04 Å². The normalized spacial score (nSPS) is 28.4. The van der Waals surface area contributed by atoms with Crippen molar-refractivity contribution in [3.63, 3.8) is 0 Å². The van der Waals surface area contributed by atoms with Crippen LogP contribution in [0.25, 0.3) is 0 Å². The number of aryl methyl sites for hydroxylation is 2. The maximum Gasteiger partial charge on any atom is 0.0335 e. The molecule has 4 unspecified atom stereocenters. The monoisotopic (exact) mass is 263 g/mol. The molecule has 2 aliphatic rings. The number of fused-ring (bicyclic) bond motifs is 3. The van der Waals surface area contributed by atoms with Gasteiger partial charge in [0.05, 0.1) is 0 Å². The molecule has 2 aliphatic carbocycles. The van der Waals surface area contributed by atoms with E-state index >= 15 is 0 Å². The molecule has 0 saturated heterocycles. The predicted molar refractivity (Wildman–Crippen MR) is 82.6 cm³/mol. The summed E-state index contributed by atoms with van der Waals surface area (Å²) in [5.41, 5.74) is 12.4. The molecular weight excluding hydrogens is 242 g/mol. The van der Waals surface area contributed by atoms with Gasteiger partial charge in [0, 0.05) is 6.04 Å². The van der Waals surface area contributed by atoms with E-state index in [2.05, 4.69) is 55.5 Å². The summed E-state index contributed by atoms with van der Waals surface area (Å²) in [6.45, 7) is 2.18. The summed E-state index contributed by atoms with van der Waals surface area (Å²) < 4.78 is 0. The fraction of sp³-hybridized carbons (Fsp3) is 0.368. The number of nitrogens with two attached hydrogens (primary N) is 1. The lowest BCUT2D eigenvalue weighted by Gasteiger charge is -2.15. The molecule has 0 amide bonds. The molecule has 0 radical (unpaired) electrons. The summed E-state index contributed by atoms with van der Waals surface area (Å²) in [6.07, 6.45) is 2.54. The molecule has 0 aromatic heterocycles. The van der Waals surface area contributed by atoms with Gasteiger partial charge in [-0.05, 0) is 59.8 Å². The minimum Gasteiger partial charge on any atom is -0.324 e. The highest BCUT2D eigenvalue weighted by molar-refractivity contribution is 5.42. The molecule has 1 nitrogen and oxygen atoms in total. The van der Waals surface area contributed by atoms with Gasteiger partial charge >= 0.3 is 0 Å².